The van der Waals surface area contributed by atoms with Gasteiger partial charge in [-0.3, -0.25) is 4.98 Å². The maximum atomic E-state index is 12.8. The van der Waals surface area contributed by atoms with Crippen molar-refractivity contribution in [3.63, 3.8) is 0 Å². The first-order valence-corrected chi connectivity index (χ1v) is 10.7. The zero-order valence-corrected chi connectivity index (χ0v) is 16.8. The Morgan fingerprint density at radius 2 is 1.72 bits per heavy atom. The normalized spacial score (nSPS) is 15.3. The van der Waals surface area contributed by atoms with E-state index in [1.165, 1.54) is 10.5 Å². The summed E-state index contributed by atoms with van der Waals surface area (Å²) in [6, 6.07) is 14.4. The van der Waals surface area contributed by atoms with Gasteiger partial charge in [0, 0.05) is 44.6 Å². The van der Waals surface area contributed by atoms with Gasteiger partial charge in [-0.25, -0.2) is 13.4 Å². The van der Waals surface area contributed by atoms with Crippen LogP contribution in [0.1, 0.15) is 5.82 Å². The summed E-state index contributed by atoms with van der Waals surface area (Å²) in [5, 5.41) is 0. The Hall–Kier alpha value is -3.04. The van der Waals surface area contributed by atoms with E-state index >= 15 is 0 Å². The molecule has 1 fully saturated rings. The third-order valence-corrected chi connectivity index (χ3v) is 6.48. The van der Waals surface area contributed by atoms with Crippen molar-refractivity contribution in [1.82, 2.24) is 19.3 Å². The number of aromatic nitrogens is 3. The van der Waals surface area contributed by atoms with Gasteiger partial charge >= 0.3 is 0 Å². The number of benzene rings is 1. The lowest BCUT2D eigenvalue weighted by atomic mass is 10.3. The quantitative estimate of drug-likeness (QED) is 0.637. The molecule has 0 N–H and O–H groups in total. The van der Waals surface area contributed by atoms with Crippen molar-refractivity contribution in [1.29, 1.82) is 0 Å². The number of anilines is 1. The summed E-state index contributed by atoms with van der Waals surface area (Å²) in [6.45, 7) is 3.61. The highest BCUT2D eigenvalue weighted by Crippen LogP contribution is 2.25. The predicted molar refractivity (Wildman–Crippen MR) is 108 cm³/mol. The van der Waals surface area contributed by atoms with E-state index in [-0.39, 0.29) is 4.90 Å². The zero-order valence-electron chi connectivity index (χ0n) is 16.0. The van der Waals surface area contributed by atoms with Gasteiger partial charge in [-0.15, -0.1) is 0 Å². The second kappa shape index (κ2) is 8.14. The lowest BCUT2D eigenvalue weighted by Crippen LogP contribution is -2.49. The molecule has 0 amide bonds. The molecule has 0 spiro atoms. The van der Waals surface area contributed by atoms with Crippen LogP contribution in [0.2, 0.25) is 0 Å². The van der Waals surface area contributed by atoms with Gasteiger partial charge < -0.3 is 9.64 Å². The number of nitrogens with zero attached hydrogens (tertiary/aromatic N) is 5. The molecule has 150 valence electrons. The molecule has 0 aliphatic carbocycles. The van der Waals surface area contributed by atoms with Crippen LogP contribution in [-0.4, -0.2) is 53.9 Å². The van der Waals surface area contributed by atoms with E-state index in [9.17, 15) is 8.42 Å². The van der Waals surface area contributed by atoms with Gasteiger partial charge in [0.25, 0.3) is 0 Å². The van der Waals surface area contributed by atoms with Gasteiger partial charge in [-0.05, 0) is 31.2 Å². The zero-order chi connectivity index (χ0) is 20.3. The Balaban J connectivity index is 1.47. The molecule has 0 radical (unpaired) electrons. The number of hydrogen-bond donors (Lipinski definition) is 0. The molecule has 0 saturated carbocycles. The fourth-order valence-electron chi connectivity index (χ4n) is 3.16. The molecule has 1 aliphatic rings. The number of ether oxygens (including phenoxy) is 1. The lowest BCUT2D eigenvalue weighted by Gasteiger charge is -2.34. The molecule has 3 heterocycles. The highest BCUT2D eigenvalue weighted by molar-refractivity contribution is 7.89. The number of rotatable bonds is 5. The number of para-hydroxylation sites is 1. The van der Waals surface area contributed by atoms with E-state index in [1.807, 2.05) is 42.2 Å². The minimum absolute atomic E-state index is 0.213. The van der Waals surface area contributed by atoms with Crippen molar-refractivity contribution < 1.29 is 13.2 Å². The average molecular weight is 411 g/mol. The van der Waals surface area contributed by atoms with Gasteiger partial charge in [0.05, 0.1) is 0 Å². The fourth-order valence-corrected chi connectivity index (χ4v) is 4.54. The van der Waals surface area contributed by atoms with Crippen LogP contribution in [0.5, 0.6) is 11.6 Å². The van der Waals surface area contributed by atoms with E-state index in [0.29, 0.717) is 43.6 Å². The van der Waals surface area contributed by atoms with Crippen LogP contribution < -0.4 is 9.64 Å². The summed E-state index contributed by atoms with van der Waals surface area (Å²) in [5.74, 6) is 2.48. The third-order valence-electron chi connectivity index (χ3n) is 4.60. The number of pyridine rings is 1. The van der Waals surface area contributed by atoms with Gasteiger partial charge in [-0.2, -0.15) is 9.29 Å². The van der Waals surface area contributed by atoms with Crippen LogP contribution in [0.3, 0.4) is 0 Å². The van der Waals surface area contributed by atoms with Crippen LogP contribution >= 0.6 is 0 Å². The smallest absolute Gasteiger partial charge is 0.244 e. The Morgan fingerprint density at radius 3 is 2.41 bits per heavy atom. The Labute approximate surface area is 169 Å². The number of aryl methyl sites for hydroxylation is 1. The van der Waals surface area contributed by atoms with Crippen LogP contribution in [-0.2, 0) is 10.0 Å². The monoisotopic (exact) mass is 411 g/mol. The first kappa shape index (κ1) is 19.3. The predicted octanol–water partition coefficient (Wildman–Crippen LogP) is 2.48. The highest BCUT2D eigenvalue weighted by Gasteiger charge is 2.29. The van der Waals surface area contributed by atoms with E-state index in [1.54, 1.807) is 24.4 Å². The lowest BCUT2D eigenvalue weighted by molar-refractivity contribution is 0.383. The molecule has 0 bridgehead atoms. The standard InChI is InChI=1S/C20H21N5O3S/c1-16-22-19(14-20(23-16)28-17-6-3-2-4-7-17)24-10-12-25(13-11-24)29(26,27)18-8-5-9-21-15-18/h2-9,14-15H,10-13H2,1H3. The Morgan fingerprint density at radius 1 is 0.966 bits per heavy atom. The first-order chi connectivity index (χ1) is 14.0. The molecule has 0 atom stereocenters. The van der Waals surface area contributed by atoms with E-state index < -0.39 is 10.0 Å². The molecule has 8 nitrogen and oxygen atoms in total. The van der Waals surface area contributed by atoms with Gasteiger partial charge in [0.15, 0.2) is 0 Å². The minimum atomic E-state index is -3.54. The highest BCUT2D eigenvalue weighted by atomic mass is 32.2. The number of piperazine rings is 1. The number of sulfonamides is 1. The summed E-state index contributed by atoms with van der Waals surface area (Å²) >= 11 is 0. The molecule has 2 aromatic heterocycles. The molecule has 4 rings (SSSR count). The maximum absolute atomic E-state index is 12.8. The van der Waals surface area contributed by atoms with Gasteiger partial charge in [0.1, 0.15) is 22.3 Å². The summed E-state index contributed by atoms with van der Waals surface area (Å²) < 4.78 is 32.8. The second-order valence-corrected chi connectivity index (χ2v) is 8.54. The summed E-state index contributed by atoms with van der Waals surface area (Å²) in [5.41, 5.74) is 0. The largest absolute Gasteiger partial charge is 0.439 e. The molecule has 9 heteroatoms. The van der Waals surface area contributed by atoms with Crippen LogP contribution in [0.4, 0.5) is 5.82 Å². The third kappa shape index (κ3) is 4.36. The van der Waals surface area contributed by atoms with Gasteiger partial charge in [-0.1, -0.05) is 18.2 Å². The summed E-state index contributed by atoms with van der Waals surface area (Å²) in [6.07, 6.45) is 2.94. The van der Waals surface area contributed by atoms with E-state index in [4.69, 9.17) is 4.74 Å². The number of hydrogen-bond acceptors (Lipinski definition) is 7. The van der Waals surface area contributed by atoms with Crippen LogP contribution in [0.15, 0.2) is 65.8 Å². The van der Waals surface area contributed by atoms with Crippen molar-refractivity contribution in [2.75, 3.05) is 31.1 Å². The summed E-state index contributed by atoms with van der Waals surface area (Å²) in [4.78, 5) is 15.0. The van der Waals surface area contributed by atoms with E-state index in [0.717, 1.165) is 5.82 Å². The molecule has 29 heavy (non-hydrogen) atoms. The van der Waals surface area contributed by atoms with Crippen LogP contribution in [0, 0.1) is 6.92 Å². The van der Waals surface area contributed by atoms with Crippen LogP contribution in [0.25, 0.3) is 0 Å². The molecule has 1 saturated heterocycles. The molecule has 1 aromatic carbocycles. The molecule has 1 aliphatic heterocycles. The van der Waals surface area contributed by atoms with E-state index in [2.05, 4.69) is 15.0 Å². The Bertz CT molecular complexity index is 1070. The van der Waals surface area contributed by atoms with Crippen molar-refractivity contribution in [3.8, 4) is 11.6 Å². The molecular weight excluding hydrogens is 390 g/mol. The second-order valence-electron chi connectivity index (χ2n) is 6.61. The molecule has 3 aromatic rings. The molecular formula is C20H21N5O3S. The summed E-state index contributed by atoms with van der Waals surface area (Å²) in [7, 11) is -3.54. The van der Waals surface area contributed by atoms with Gasteiger partial charge in [0.2, 0.25) is 15.9 Å². The first-order valence-electron chi connectivity index (χ1n) is 9.26. The van der Waals surface area contributed by atoms with Crippen molar-refractivity contribution in [3.05, 3.63) is 66.7 Å². The average Bonchev–Trinajstić information content (AvgIpc) is 2.75. The fraction of sp³-hybridized carbons (Fsp3) is 0.250. The van der Waals surface area contributed by atoms with Crippen molar-refractivity contribution in [2.45, 2.75) is 11.8 Å². The van der Waals surface area contributed by atoms with Crippen molar-refractivity contribution >= 4 is 15.8 Å². The topological polar surface area (TPSA) is 88.5 Å². The SMILES string of the molecule is Cc1nc(Oc2ccccc2)cc(N2CCN(S(=O)(=O)c3cccnc3)CC2)n1. The minimum Gasteiger partial charge on any atom is -0.439 e. The molecule has 0 unspecified atom stereocenters. The maximum Gasteiger partial charge on any atom is 0.244 e. The van der Waals surface area contributed by atoms with Crippen molar-refractivity contribution in [2.24, 2.45) is 0 Å². The Kier molecular flexibility index (Phi) is 5.41.